The lowest BCUT2D eigenvalue weighted by Crippen LogP contribution is -2.02. The number of unbranched alkanes of at least 4 members (excludes halogenated alkanes) is 20. The van der Waals surface area contributed by atoms with Crippen molar-refractivity contribution in [1.82, 2.24) is 0 Å². The normalized spacial score (nSPS) is 8.74. The van der Waals surface area contributed by atoms with Crippen LogP contribution < -0.4 is 0 Å². The highest BCUT2D eigenvalue weighted by Crippen LogP contribution is 2.02. The lowest BCUT2D eigenvalue weighted by Gasteiger charge is -1.97. The van der Waals surface area contributed by atoms with Gasteiger partial charge in [-0.15, -0.1) is 0 Å². The van der Waals surface area contributed by atoms with Gasteiger partial charge in [0.05, 0.1) is 6.61 Å². The zero-order valence-electron chi connectivity index (χ0n) is 91.2. The minimum atomic E-state index is -0.693. The molecule has 0 saturated carbocycles. The molecule has 0 aliphatic heterocycles. The quantitative estimate of drug-likeness (QED) is 0.0251. The summed E-state index contributed by atoms with van der Waals surface area (Å²) < 4.78 is 4.70. The third-order valence-corrected chi connectivity index (χ3v) is 15.2. The van der Waals surface area contributed by atoms with E-state index in [0.29, 0.717) is 135 Å². The van der Waals surface area contributed by atoms with Gasteiger partial charge >= 0.3 is 119 Å². The second-order valence-electron chi connectivity index (χ2n) is 30.4. The molecule has 40 heteroatoms. The van der Waals surface area contributed by atoms with E-state index in [1.807, 2.05) is 138 Å². The molecule has 19 N–H and O–H groups in total. The predicted molar refractivity (Wildman–Crippen MR) is 552 cm³/mol. The van der Waals surface area contributed by atoms with Gasteiger partial charge in [-0.3, -0.25) is 95.9 Å². The van der Waals surface area contributed by atoms with Gasteiger partial charge in [0, 0.05) is 128 Å². The van der Waals surface area contributed by atoms with Crippen LogP contribution in [0.5, 0.6) is 0 Å². The molecule has 0 unspecified atom stereocenters. The third kappa shape index (κ3) is 407. The number of rotatable bonds is 61. The maximum absolute atomic E-state index is 10.6. The number of hydrogen-bond acceptors (Lipinski definition) is 21. The van der Waals surface area contributed by atoms with Crippen molar-refractivity contribution >= 4 is 119 Å². The summed E-state index contributed by atoms with van der Waals surface area (Å²) in [4.78, 5) is 196. The number of carbonyl (C=O) groups excluding carboxylic acids is 1. The van der Waals surface area contributed by atoms with Gasteiger partial charge in [0.15, 0.2) is 0 Å². The first-order chi connectivity index (χ1) is 66.4. The molecule has 0 atom stereocenters. The van der Waals surface area contributed by atoms with Crippen molar-refractivity contribution in [2.24, 2.45) is 0 Å². The molecule has 0 aliphatic carbocycles. The molecule has 0 bridgehead atoms. The average molecular weight is 2070 g/mol. The minimum absolute atomic E-state index is 0.0700. The summed E-state index contributed by atoms with van der Waals surface area (Å²) in [6, 6.07) is 0. The van der Waals surface area contributed by atoms with Crippen molar-refractivity contribution in [1.29, 1.82) is 0 Å². The van der Waals surface area contributed by atoms with Gasteiger partial charge in [-0.2, -0.15) is 0 Å². The molecule has 852 valence electrons. The lowest BCUT2D eigenvalue weighted by atomic mass is 10.3. The number of carboxylic acid groups (broad SMARTS) is 19. The van der Waals surface area contributed by atoms with E-state index in [-0.39, 0.29) is 5.97 Å². The highest BCUT2D eigenvalue weighted by molar-refractivity contribution is 5.72. The first kappa shape index (κ1) is 180. The molecule has 142 heavy (non-hydrogen) atoms. The van der Waals surface area contributed by atoms with E-state index >= 15 is 0 Å². The largest absolute Gasteiger partial charge is 0.481 e. The van der Waals surface area contributed by atoms with E-state index in [2.05, 4.69) is 6.92 Å². The summed E-state index contributed by atoms with van der Waals surface area (Å²) in [6.45, 7) is 41.9. The molecule has 0 amide bonds. The van der Waals surface area contributed by atoms with Gasteiger partial charge in [0.2, 0.25) is 0 Å². The molecule has 0 rings (SSSR count). The molecule has 0 aromatic carbocycles. The van der Waals surface area contributed by atoms with Gasteiger partial charge in [-0.25, -0.2) is 0 Å². The topological polar surface area (TPSA) is 735 Å². The average Bonchev–Trinajstić information content (AvgIpc) is 1.07. The van der Waals surface area contributed by atoms with E-state index < -0.39 is 113 Å². The molecule has 0 aliphatic rings. The minimum Gasteiger partial charge on any atom is -0.481 e. The molecule has 0 heterocycles. The Balaban J connectivity index is -0.0000000613. The fraction of sp³-hybridized carbons (Fsp3) is 0.804. The monoisotopic (exact) mass is 2070 g/mol. The number of carbonyl (C=O) groups is 20. The molecule has 0 radical (unpaired) electrons. The van der Waals surface area contributed by atoms with Crippen molar-refractivity contribution in [2.45, 2.75) is 531 Å². The fourth-order valence-corrected chi connectivity index (χ4v) is 6.79. The van der Waals surface area contributed by atoms with Crippen molar-refractivity contribution in [3.8, 4) is 0 Å². The number of esters is 1. The maximum Gasteiger partial charge on any atom is 0.305 e. The second-order valence-corrected chi connectivity index (χ2v) is 30.4. The molecule has 0 fully saturated rings. The Bertz CT molecular complexity index is 2050. The fourth-order valence-electron chi connectivity index (χ4n) is 6.79. The second kappa shape index (κ2) is 176. The Morgan fingerprint density at radius 1 is 0.113 bits per heavy atom. The summed E-state index contributed by atoms with van der Waals surface area (Å²) in [5, 5.41) is 153. The maximum atomic E-state index is 10.6. The van der Waals surface area contributed by atoms with Gasteiger partial charge in [-0.05, 0) is 135 Å². The Morgan fingerprint density at radius 3 is 0.204 bits per heavy atom. The van der Waals surface area contributed by atoms with Gasteiger partial charge < -0.3 is 102 Å². The van der Waals surface area contributed by atoms with Gasteiger partial charge in [0.25, 0.3) is 0 Å². The Hall–Kier alpha value is -10.6. The van der Waals surface area contributed by atoms with Crippen LogP contribution in [0, 0.1) is 0 Å². The van der Waals surface area contributed by atoms with Crippen LogP contribution in [-0.2, 0) is 101 Å². The number of hydrogen-bond donors (Lipinski definition) is 19. The van der Waals surface area contributed by atoms with Gasteiger partial charge in [-0.1, -0.05) is 267 Å². The van der Waals surface area contributed by atoms with Crippen LogP contribution in [0.2, 0.25) is 0 Å². The highest BCUT2D eigenvalue weighted by atomic mass is 16.5. The van der Waals surface area contributed by atoms with E-state index in [9.17, 15) is 95.9 Å². The molecule has 0 saturated heterocycles. The predicted octanol–water partition coefficient (Wildman–Crippen LogP) is 25.7. The first-order valence-electron chi connectivity index (χ1n) is 50.7. The van der Waals surface area contributed by atoms with Crippen LogP contribution in [0.1, 0.15) is 531 Å². The van der Waals surface area contributed by atoms with E-state index in [1.54, 1.807) is 0 Å². The van der Waals surface area contributed by atoms with E-state index in [1.165, 1.54) is 0 Å². The molecular formula is C102H204O40. The van der Waals surface area contributed by atoms with Crippen LogP contribution >= 0.6 is 0 Å². The highest BCUT2D eigenvalue weighted by Gasteiger charge is 2.02. The SMILES string of the molecule is CCCCC(=O)O.CCCCC(=O)O.CCCCC(=O)O.CCCCC(=O)O.CCCCC(=O)O.CCCCC(=O)O.CCCCC(=O)O.CCCCC(=O)O.CCCCC(=O)O.CCCCC(=O)O.CCCCC(=O)O.CCCCC(=O)O.CCCCC(=O)O.CCCCC(=O)O.CCCCC(=O)O.CCCCC(=O)O.CCCCC(=O)O.CCCCC(=O)O.CCCCC(=O)O.CCCCC(=O)OCC. The summed E-state index contributed by atoms with van der Waals surface area (Å²) >= 11 is 0. The smallest absolute Gasteiger partial charge is 0.305 e. The number of carboxylic acids is 19. The van der Waals surface area contributed by atoms with Crippen LogP contribution in [-0.4, -0.2) is 223 Å². The third-order valence-electron chi connectivity index (χ3n) is 15.2. The van der Waals surface area contributed by atoms with E-state index in [0.717, 1.165) is 257 Å². The van der Waals surface area contributed by atoms with Crippen molar-refractivity contribution in [3.05, 3.63) is 0 Å². The Labute approximate surface area is 850 Å². The molecule has 0 spiro atoms. The van der Waals surface area contributed by atoms with Gasteiger partial charge in [0.1, 0.15) is 0 Å². The summed E-state index contributed by atoms with van der Waals surface area (Å²) in [6.07, 6.45) is 42.1. The standard InChI is InChI=1S/C7H14O2.19C5H10O2/c1-3-5-6-7(8)9-4-2;19*1-2-3-4-5(6)7/h3-6H2,1-2H3;19*2-4H2,1H3,(H,6,7). The van der Waals surface area contributed by atoms with Crippen LogP contribution in [0.4, 0.5) is 0 Å². The molecular weight excluding hydrogens is 1870 g/mol. The van der Waals surface area contributed by atoms with Crippen molar-refractivity contribution in [2.75, 3.05) is 6.61 Å². The van der Waals surface area contributed by atoms with Crippen LogP contribution in [0.25, 0.3) is 0 Å². The Morgan fingerprint density at radius 2 is 0.169 bits per heavy atom. The molecule has 0 aromatic heterocycles. The first-order valence-corrected chi connectivity index (χ1v) is 50.7. The number of ether oxygens (including phenoxy) is 1. The molecule has 40 nitrogen and oxygen atoms in total. The summed E-state index contributed by atoms with van der Waals surface area (Å²) in [7, 11) is 0. The zero-order chi connectivity index (χ0) is 115. The van der Waals surface area contributed by atoms with Crippen LogP contribution in [0.15, 0.2) is 0 Å². The summed E-state index contributed by atoms with van der Waals surface area (Å²) in [5.41, 5.74) is 0. The van der Waals surface area contributed by atoms with E-state index in [4.69, 9.17) is 102 Å². The Kier molecular flexibility index (Phi) is 223. The van der Waals surface area contributed by atoms with Crippen molar-refractivity contribution in [3.63, 3.8) is 0 Å². The molecule has 0 aromatic rings. The summed E-state index contributed by atoms with van der Waals surface area (Å²) in [5.74, 6) is -13.2. The lowest BCUT2D eigenvalue weighted by molar-refractivity contribution is -0.143. The number of aliphatic carboxylic acids is 19. The zero-order valence-corrected chi connectivity index (χ0v) is 91.2. The van der Waals surface area contributed by atoms with Crippen molar-refractivity contribution < 1.29 is 198 Å². The van der Waals surface area contributed by atoms with Crippen LogP contribution in [0.3, 0.4) is 0 Å².